The van der Waals surface area contributed by atoms with E-state index in [9.17, 15) is 4.39 Å². The van der Waals surface area contributed by atoms with Crippen LogP contribution in [0.25, 0.3) is 0 Å². The molecule has 0 saturated carbocycles. The lowest BCUT2D eigenvalue weighted by Crippen LogP contribution is -1.82. The van der Waals surface area contributed by atoms with Gasteiger partial charge in [0, 0.05) is 6.07 Å². The molecule has 0 fully saturated rings. The van der Waals surface area contributed by atoms with Crippen LogP contribution in [0.1, 0.15) is 5.56 Å². The van der Waals surface area contributed by atoms with Crippen molar-refractivity contribution in [2.45, 2.75) is 6.92 Å². The minimum absolute atomic E-state index is 0.271. The van der Waals surface area contributed by atoms with Gasteiger partial charge in [0.2, 0.25) is 11.8 Å². The first-order valence-corrected chi connectivity index (χ1v) is 2.51. The van der Waals surface area contributed by atoms with Crippen molar-refractivity contribution in [3.05, 3.63) is 23.6 Å². The van der Waals surface area contributed by atoms with Crippen molar-refractivity contribution in [1.29, 1.82) is 0 Å². The first-order chi connectivity index (χ1) is 4.18. The number of aryl methyl sites for hydroxylation is 1. The van der Waals surface area contributed by atoms with Crippen molar-refractivity contribution >= 4 is 0 Å². The first kappa shape index (κ1) is 6.01. The number of hydrogen-bond acceptors (Lipinski definition) is 2. The zero-order chi connectivity index (χ0) is 6.85. The molecule has 0 aromatic carbocycles. The van der Waals surface area contributed by atoms with E-state index in [0.29, 0.717) is 5.56 Å². The molecule has 0 bridgehead atoms. The van der Waals surface area contributed by atoms with Crippen LogP contribution in [0, 0.1) is 12.9 Å². The molecule has 0 amide bonds. The van der Waals surface area contributed by atoms with E-state index in [2.05, 4.69) is 4.98 Å². The SMILES string of the molecule is Cc1cc(O)nc(F)c1. The van der Waals surface area contributed by atoms with Crippen molar-refractivity contribution in [1.82, 2.24) is 4.98 Å². The zero-order valence-electron chi connectivity index (χ0n) is 4.93. The van der Waals surface area contributed by atoms with Gasteiger partial charge in [-0.1, -0.05) is 0 Å². The van der Waals surface area contributed by atoms with Crippen LogP contribution in [-0.2, 0) is 0 Å². The molecule has 0 radical (unpaired) electrons. The second kappa shape index (κ2) is 2.01. The van der Waals surface area contributed by atoms with E-state index in [1.54, 1.807) is 6.92 Å². The summed E-state index contributed by atoms with van der Waals surface area (Å²) in [6.07, 6.45) is 0. The van der Waals surface area contributed by atoms with Crippen LogP contribution in [0.15, 0.2) is 12.1 Å². The van der Waals surface area contributed by atoms with Gasteiger partial charge in [-0.2, -0.15) is 9.37 Å². The van der Waals surface area contributed by atoms with Crippen LogP contribution in [0.3, 0.4) is 0 Å². The summed E-state index contributed by atoms with van der Waals surface area (Å²) in [7, 11) is 0. The number of pyridine rings is 1. The molecule has 1 aromatic rings. The highest BCUT2D eigenvalue weighted by atomic mass is 19.1. The Balaban J connectivity index is 3.17. The van der Waals surface area contributed by atoms with Crippen molar-refractivity contribution in [3.8, 4) is 5.88 Å². The molecule has 0 spiro atoms. The first-order valence-electron chi connectivity index (χ1n) is 2.51. The Morgan fingerprint density at radius 2 is 2.22 bits per heavy atom. The van der Waals surface area contributed by atoms with Crippen LogP contribution >= 0.6 is 0 Å². The van der Waals surface area contributed by atoms with E-state index in [4.69, 9.17) is 5.11 Å². The second-order valence-electron chi connectivity index (χ2n) is 1.83. The van der Waals surface area contributed by atoms with Crippen LogP contribution in [0.5, 0.6) is 5.88 Å². The number of nitrogens with zero attached hydrogens (tertiary/aromatic N) is 1. The topological polar surface area (TPSA) is 33.1 Å². The van der Waals surface area contributed by atoms with Crippen molar-refractivity contribution in [3.63, 3.8) is 0 Å². The number of rotatable bonds is 0. The molecule has 3 heteroatoms. The Labute approximate surface area is 52.0 Å². The van der Waals surface area contributed by atoms with Crippen LogP contribution < -0.4 is 0 Å². The maximum atomic E-state index is 12.2. The maximum Gasteiger partial charge on any atom is 0.216 e. The van der Waals surface area contributed by atoms with Crippen LogP contribution in [-0.4, -0.2) is 10.1 Å². The van der Waals surface area contributed by atoms with Crippen LogP contribution in [0.4, 0.5) is 4.39 Å². The van der Waals surface area contributed by atoms with E-state index >= 15 is 0 Å². The Morgan fingerprint density at radius 3 is 2.67 bits per heavy atom. The van der Waals surface area contributed by atoms with Gasteiger partial charge in [0.25, 0.3) is 0 Å². The maximum absolute atomic E-state index is 12.2. The van der Waals surface area contributed by atoms with Gasteiger partial charge in [-0.05, 0) is 18.6 Å². The van der Waals surface area contributed by atoms with E-state index < -0.39 is 5.95 Å². The second-order valence-corrected chi connectivity index (χ2v) is 1.83. The number of halogens is 1. The predicted octanol–water partition coefficient (Wildman–Crippen LogP) is 1.23. The molecule has 2 nitrogen and oxygen atoms in total. The lowest BCUT2D eigenvalue weighted by Gasteiger charge is -1.92. The van der Waals surface area contributed by atoms with Gasteiger partial charge >= 0.3 is 0 Å². The molecular weight excluding hydrogens is 121 g/mol. The average Bonchev–Trinajstić information content (AvgIpc) is 1.59. The average molecular weight is 127 g/mol. The molecule has 0 unspecified atom stereocenters. The Hall–Kier alpha value is -1.12. The third-order valence-electron chi connectivity index (χ3n) is 0.925. The summed E-state index contributed by atoms with van der Waals surface area (Å²) in [5, 5.41) is 8.64. The number of hydrogen-bond donors (Lipinski definition) is 1. The minimum atomic E-state index is -0.646. The summed E-state index contributed by atoms with van der Waals surface area (Å²) in [6, 6.07) is 2.64. The van der Waals surface area contributed by atoms with Crippen molar-refractivity contribution < 1.29 is 9.50 Å². The van der Waals surface area contributed by atoms with Gasteiger partial charge in [-0.15, -0.1) is 0 Å². The zero-order valence-corrected chi connectivity index (χ0v) is 4.93. The lowest BCUT2D eigenvalue weighted by atomic mass is 10.3. The third-order valence-corrected chi connectivity index (χ3v) is 0.925. The highest BCUT2D eigenvalue weighted by Crippen LogP contribution is 2.07. The van der Waals surface area contributed by atoms with Gasteiger partial charge in [-0.25, -0.2) is 0 Å². The van der Waals surface area contributed by atoms with Gasteiger partial charge in [0.1, 0.15) is 0 Å². The third kappa shape index (κ3) is 1.38. The smallest absolute Gasteiger partial charge is 0.216 e. The summed E-state index contributed by atoms with van der Waals surface area (Å²) in [6.45, 7) is 1.68. The van der Waals surface area contributed by atoms with E-state index in [1.165, 1.54) is 12.1 Å². The van der Waals surface area contributed by atoms with Crippen LogP contribution in [0.2, 0.25) is 0 Å². The lowest BCUT2D eigenvalue weighted by molar-refractivity contribution is 0.435. The standard InChI is InChI=1S/C6H6FNO/c1-4-2-5(7)8-6(9)3-4/h2-3H,1H3,(H,8,9). The number of aromatic hydroxyl groups is 1. The molecule has 9 heavy (non-hydrogen) atoms. The molecule has 0 atom stereocenters. The van der Waals surface area contributed by atoms with Gasteiger partial charge in [-0.3, -0.25) is 0 Å². The van der Waals surface area contributed by atoms with Gasteiger partial charge in [0.05, 0.1) is 0 Å². The minimum Gasteiger partial charge on any atom is -0.493 e. The van der Waals surface area contributed by atoms with Gasteiger partial charge in [0.15, 0.2) is 0 Å². The van der Waals surface area contributed by atoms with E-state index in [-0.39, 0.29) is 5.88 Å². The van der Waals surface area contributed by atoms with Crippen molar-refractivity contribution in [2.75, 3.05) is 0 Å². The molecule has 0 saturated heterocycles. The monoisotopic (exact) mass is 127 g/mol. The fraction of sp³-hybridized carbons (Fsp3) is 0.167. The normalized spacial score (nSPS) is 9.56. The van der Waals surface area contributed by atoms with Crippen molar-refractivity contribution in [2.24, 2.45) is 0 Å². The molecule has 0 aliphatic heterocycles. The Kier molecular flexibility index (Phi) is 1.34. The molecule has 1 aromatic heterocycles. The van der Waals surface area contributed by atoms with E-state index in [0.717, 1.165) is 0 Å². The molecule has 0 aliphatic rings. The fourth-order valence-electron chi connectivity index (χ4n) is 0.607. The highest BCUT2D eigenvalue weighted by molar-refractivity contribution is 5.17. The Morgan fingerprint density at radius 1 is 1.56 bits per heavy atom. The molecule has 48 valence electrons. The molecule has 0 aliphatic carbocycles. The summed E-state index contributed by atoms with van der Waals surface area (Å²) >= 11 is 0. The quantitative estimate of drug-likeness (QED) is 0.532. The highest BCUT2D eigenvalue weighted by Gasteiger charge is 1.94. The largest absolute Gasteiger partial charge is 0.493 e. The molecule has 1 rings (SSSR count). The Bertz CT molecular complexity index is 174. The van der Waals surface area contributed by atoms with E-state index in [1.807, 2.05) is 0 Å². The number of aromatic nitrogens is 1. The summed E-state index contributed by atoms with van der Waals surface area (Å²) in [4.78, 5) is 3.12. The summed E-state index contributed by atoms with van der Waals surface area (Å²) in [5.74, 6) is -0.917. The molecule has 1 heterocycles. The predicted molar refractivity (Wildman–Crippen MR) is 30.6 cm³/mol. The summed E-state index contributed by atoms with van der Waals surface area (Å²) in [5.41, 5.74) is 0.667. The molecular formula is C6H6FNO. The summed E-state index contributed by atoms with van der Waals surface area (Å²) < 4.78 is 12.2. The molecule has 1 N–H and O–H groups in total. The van der Waals surface area contributed by atoms with Gasteiger partial charge < -0.3 is 5.11 Å². The fourth-order valence-corrected chi connectivity index (χ4v) is 0.607.